The fourth-order valence-electron chi connectivity index (χ4n) is 2.11. The van der Waals surface area contributed by atoms with Crippen molar-refractivity contribution in [2.45, 2.75) is 26.9 Å². The van der Waals surface area contributed by atoms with Crippen molar-refractivity contribution >= 4 is 17.6 Å². The van der Waals surface area contributed by atoms with Crippen molar-refractivity contribution in [3.8, 4) is 22.9 Å². The first-order chi connectivity index (χ1) is 11.7. The average Bonchev–Trinajstić information content (AvgIpc) is 2.87. The predicted octanol–water partition coefficient (Wildman–Crippen LogP) is 3.90. The topological polar surface area (TPSA) is 62.6 Å². The van der Waals surface area contributed by atoms with E-state index in [0.717, 1.165) is 23.7 Å². The van der Waals surface area contributed by atoms with Crippen LogP contribution in [0.4, 0.5) is 13.2 Å². The van der Waals surface area contributed by atoms with E-state index in [1.165, 1.54) is 7.05 Å². The van der Waals surface area contributed by atoms with Gasteiger partial charge in [0.05, 0.1) is 10.7 Å². The Kier molecular flexibility index (Phi) is 5.78. The van der Waals surface area contributed by atoms with Crippen LogP contribution in [0.5, 0.6) is 11.6 Å². The number of aryl methyl sites for hydroxylation is 1. The molecule has 0 unspecified atom stereocenters. The van der Waals surface area contributed by atoms with Gasteiger partial charge in [-0.15, -0.1) is 0 Å². The lowest BCUT2D eigenvalue weighted by molar-refractivity contribution is -0.210. The smallest absolute Gasteiger partial charge is 0.388 e. The van der Waals surface area contributed by atoms with Gasteiger partial charge in [-0.3, -0.25) is 9.78 Å². The highest BCUT2D eigenvalue weighted by molar-refractivity contribution is 6.33. The third-order valence-corrected chi connectivity index (χ3v) is 3.60. The molecule has 10 heteroatoms. The molecule has 2 aromatic rings. The molecule has 1 heterocycles. The van der Waals surface area contributed by atoms with Gasteiger partial charge in [0, 0.05) is 31.2 Å². The summed E-state index contributed by atoms with van der Waals surface area (Å²) in [4.78, 5) is 20.1. The maximum atomic E-state index is 14.7. The number of hydrogen-bond donors (Lipinski definition) is 0. The van der Waals surface area contributed by atoms with E-state index in [1.807, 2.05) is 0 Å². The summed E-state index contributed by atoms with van der Waals surface area (Å²) in [5.74, 6) is -1.78. The molecule has 0 aliphatic carbocycles. The van der Waals surface area contributed by atoms with Crippen LogP contribution in [-0.2, 0) is 23.2 Å². The number of ether oxygens (including phenoxy) is 1. The molecule has 1 aromatic heterocycles. The zero-order valence-corrected chi connectivity index (χ0v) is 14.2. The van der Waals surface area contributed by atoms with Gasteiger partial charge in [0.15, 0.2) is 5.75 Å². The summed E-state index contributed by atoms with van der Waals surface area (Å²) < 4.78 is 44.8. The zero-order valence-electron chi connectivity index (χ0n) is 13.5. The molecular weight excluding hydrogens is 365 g/mol. The van der Waals surface area contributed by atoms with Crippen molar-refractivity contribution in [2.24, 2.45) is 7.05 Å². The molecule has 0 aliphatic rings. The Morgan fingerprint density at radius 1 is 1.40 bits per heavy atom. The lowest BCUT2D eigenvalue weighted by atomic mass is 10.0. The van der Waals surface area contributed by atoms with Crippen molar-refractivity contribution < 1.29 is 32.5 Å². The van der Waals surface area contributed by atoms with Crippen LogP contribution in [-0.4, -0.2) is 22.4 Å². The molecule has 0 amide bonds. The quantitative estimate of drug-likeness (QED) is 0.563. The summed E-state index contributed by atoms with van der Waals surface area (Å²) >= 11 is 6.06. The number of benzene rings is 1. The lowest BCUT2D eigenvalue weighted by Gasteiger charge is -2.12. The Balaban J connectivity index is 2.53. The molecule has 0 atom stereocenters. The van der Waals surface area contributed by atoms with Crippen molar-refractivity contribution in [1.29, 1.82) is 0 Å². The summed E-state index contributed by atoms with van der Waals surface area (Å²) in [5, 5.41) is 3.88. The minimum Gasteiger partial charge on any atom is -0.417 e. The maximum Gasteiger partial charge on any atom is 0.388 e. The first kappa shape index (κ1) is 18.9. The summed E-state index contributed by atoms with van der Waals surface area (Å²) in [6, 6.07) is 2.31. The minimum atomic E-state index is -3.05. The molecule has 136 valence electrons. The molecule has 2 rings (SSSR count). The van der Waals surface area contributed by atoms with Crippen LogP contribution in [0.15, 0.2) is 12.1 Å². The Hall–Kier alpha value is -2.42. The van der Waals surface area contributed by atoms with Crippen LogP contribution in [0.1, 0.15) is 19.4 Å². The highest BCUT2D eigenvalue weighted by Crippen LogP contribution is 2.38. The number of rotatable bonds is 6. The zero-order chi connectivity index (χ0) is 18.7. The van der Waals surface area contributed by atoms with Gasteiger partial charge in [-0.2, -0.15) is 13.9 Å². The molecule has 0 saturated carbocycles. The van der Waals surface area contributed by atoms with E-state index >= 15 is 0 Å². The number of carbonyl (C=O) groups excluding carboxylic acids is 1. The SMILES string of the molecule is CCc1c(F)c(-c2cc(OC(F)F)n(C)n2)cc(OOC(C)=O)c1Cl. The average molecular weight is 379 g/mol. The van der Waals surface area contributed by atoms with Crippen LogP contribution >= 0.6 is 11.6 Å². The van der Waals surface area contributed by atoms with E-state index in [-0.39, 0.29) is 39.9 Å². The van der Waals surface area contributed by atoms with Gasteiger partial charge < -0.3 is 4.74 Å². The van der Waals surface area contributed by atoms with E-state index in [4.69, 9.17) is 16.5 Å². The Morgan fingerprint density at radius 2 is 2.08 bits per heavy atom. The van der Waals surface area contributed by atoms with Crippen LogP contribution in [0.25, 0.3) is 11.3 Å². The number of halogens is 4. The predicted molar refractivity (Wildman–Crippen MR) is 82.0 cm³/mol. The molecule has 0 N–H and O–H groups in total. The molecule has 0 saturated heterocycles. The molecule has 1 aromatic carbocycles. The van der Waals surface area contributed by atoms with E-state index in [9.17, 15) is 18.0 Å². The van der Waals surface area contributed by atoms with Gasteiger partial charge >= 0.3 is 12.6 Å². The molecule has 0 radical (unpaired) electrons. The third-order valence-electron chi connectivity index (χ3n) is 3.18. The Labute approximate surface area is 146 Å². The first-order valence-electron chi connectivity index (χ1n) is 7.09. The standard InChI is InChI=1S/C15H14ClF3N2O4/c1-4-8-13(16)11(25-24-7(2)22)5-9(14(8)17)10-6-12(21(3)20-10)23-15(18)19/h5-6,15H,4H2,1-3H3. The van der Waals surface area contributed by atoms with Crippen LogP contribution in [0.2, 0.25) is 5.02 Å². The third kappa shape index (κ3) is 4.16. The van der Waals surface area contributed by atoms with E-state index < -0.39 is 18.4 Å². The fourth-order valence-corrected chi connectivity index (χ4v) is 2.41. The monoisotopic (exact) mass is 378 g/mol. The van der Waals surface area contributed by atoms with Crippen LogP contribution < -0.4 is 9.62 Å². The molecule has 6 nitrogen and oxygen atoms in total. The number of nitrogens with zero attached hydrogens (tertiary/aromatic N) is 2. The van der Waals surface area contributed by atoms with Gasteiger partial charge in [0.25, 0.3) is 0 Å². The van der Waals surface area contributed by atoms with Crippen LogP contribution in [0, 0.1) is 5.82 Å². The van der Waals surface area contributed by atoms with Gasteiger partial charge in [-0.25, -0.2) is 13.9 Å². The minimum absolute atomic E-state index is 0.0229. The molecule has 0 fully saturated rings. The van der Waals surface area contributed by atoms with Crippen molar-refractivity contribution in [1.82, 2.24) is 9.78 Å². The van der Waals surface area contributed by atoms with Crippen molar-refractivity contribution in [2.75, 3.05) is 0 Å². The molecular formula is C15H14ClF3N2O4. The van der Waals surface area contributed by atoms with Gasteiger partial charge in [0.1, 0.15) is 5.82 Å². The second-order valence-corrected chi connectivity index (χ2v) is 5.29. The summed E-state index contributed by atoms with van der Waals surface area (Å²) in [5.41, 5.74) is 0.0566. The number of alkyl halides is 2. The molecule has 0 bridgehead atoms. The fraction of sp³-hybridized carbons (Fsp3) is 0.333. The normalized spacial score (nSPS) is 10.9. The van der Waals surface area contributed by atoms with Crippen molar-refractivity contribution in [3.63, 3.8) is 0 Å². The second kappa shape index (κ2) is 7.64. The summed E-state index contributed by atoms with van der Waals surface area (Å²) in [6.07, 6.45) is 0.210. The van der Waals surface area contributed by atoms with Gasteiger partial charge in [-0.1, -0.05) is 18.5 Å². The number of hydrogen-bond acceptors (Lipinski definition) is 5. The summed E-state index contributed by atoms with van der Waals surface area (Å²) in [6.45, 7) is -0.272. The summed E-state index contributed by atoms with van der Waals surface area (Å²) in [7, 11) is 1.37. The lowest BCUT2D eigenvalue weighted by Crippen LogP contribution is -2.06. The Bertz CT molecular complexity index is 796. The Morgan fingerprint density at radius 3 is 2.64 bits per heavy atom. The highest BCUT2D eigenvalue weighted by Gasteiger charge is 2.22. The maximum absolute atomic E-state index is 14.7. The number of aromatic nitrogens is 2. The van der Waals surface area contributed by atoms with Crippen LogP contribution in [0.3, 0.4) is 0 Å². The van der Waals surface area contributed by atoms with E-state index in [2.05, 4.69) is 14.7 Å². The van der Waals surface area contributed by atoms with E-state index in [0.29, 0.717) is 0 Å². The highest BCUT2D eigenvalue weighted by atomic mass is 35.5. The largest absolute Gasteiger partial charge is 0.417 e. The molecule has 0 aliphatic heterocycles. The molecule has 25 heavy (non-hydrogen) atoms. The second-order valence-electron chi connectivity index (χ2n) is 4.91. The van der Waals surface area contributed by atoms with Gasteiger partial charge in [0.2, 0.25) is 5.88 Å². The van der Waals surface area contributed by atoms with Crippen molar-refractivity contribution in [3.05, 3.63) is 28.5 Å². The number of carbonyl (C=O) groups is 1. The first-order valence-corrected chi connectivity index (χ1v) is 7.47. The molecule has 0 spiro atoms. The van der Waals surface area contributed by atoms with E-state index in [1.54, 1.807) is 6.92 Å². The van der Waals surface area contributed by atoms with Gasteiger partial charge in [-0.05, 0) is 12.5 Å².